The van der Waals surface area contributed by atoms with Crippen LogP contribution in [0.4, 0.5) is 0 Å². The molecule has 1 aromatic rings. The van der Waals surface area contributed by atoms with E-state index in [0.717, 1.165) is 42.9 Å². The molecule has 4 nitrogen and oxygen atoms in total. The number of rotatable bonds is 4. The topological polar surface area (TPSA) is 50.4 Å². The minimum Gasteiger partial charge on any atom is -0.496 e. The number of carbonyl (C=O) groups is 1. The van der Waals surface area contributed by atoms with Gasteiger partial charge >= 0.3 is 0 Å². The van der Waals surface area contributed by atoms with Crippen molar-refractivity contribution in [3.63, 3.8) is 0 Å². The summed E-state index contributed by atoms with van der Waals surface area (Å²) in [5, 5.41) is 6.31. The average molecular weight is 262 g/mol. The lowest BCUT2D eigenvalue weighted by Crippen LogP contribution is -2.30. The van der Waals surface area contributed by atoms with E-state index >= 15 is 0 Å². The minimum atomic E-state index is 0.000697. The van der Waals surface area contributed by atoms with Crippen molar-refractivity contribution >= 4 is 5.91 Å². The lowest BCUT2D eigenvalue weighted by Gasteiger charge is -2.13. The number of nitrogens with one attached hydrogen (secondary N) is 2. The fourth-order valence-corrected chi connectivity index (χ4v) is 2.63. The lowest BCUT2D eigenvalue weighted by atomic mass is 10.0. The largest absolute Gasteiger partial charge is 0.496 e. The molecule has 1 fully saturated rings. The Morgan fingerprint density at radius 1 is 1.42 bits per heavy atom. The summed E-state index contributed by atoms with van der Waals surface area (Å²) in [7, 11) is 1.65. The fraction of sp³-hybridized carbons (Fsp3) is 0.533. The number of benzene rings is 1. The number of hydrogen-bond donors (Lipinski definition) is 2. The van der Waals surface area contributed by atoms with Crippen molar-refractivity contribution < 1.29 is 9.53 Å². The third-order valence-corrected chi connectivity index (χ3v) is 3.64. The third-order valence-electron chi connectivity index (χ3n) is 3.64. The van der Waals surface area contributed by atoms with E-state index in [-0.39, 0.29) is 5.91 Å². The molecule has 1 aliphatic heterocycles. The van der Waals surface area contributed by atoms with E-state index < -0.39 is 0 Å². The van der Waals surface area contributed by atoms with E-state index in [1.165, 1.54) is 0 Å². The van der Waals surface area contributed by atoms with Crippen molar-refractivity contribution in [1.29, 1.82) is 0 Å². The monoisotopic (exact) mass is 262 g/mol. The molecule has 2 rings (SSSR count). The van der Waals surface area contributed by atoms with Crippen LogP contribution in [0.2, 0.25) is 0 Å². The molecule has 1 amide bonds. The van der Waals surface area contributed by atoms with Gasteiger partial charge in [-0.05, 0) is 62.5 Å². The average Bonchev–Trinajstić information content (AvgIpc) is 2.88. The van der Waals surface area contributed by atoms with Crippen molar-refractivity contribution in [1.82, 2.24) is 10.6 Å². The van der Waals surface area contributed by atoms with Gasteiger partial charge in [-0.1, -0.05) is 0 Å². The molecule has 104 valence electrons. The van der Waals surface area contributed by atoms with Crippen LogP contribution in [0.15, 0.2) is 12.1 Å². The highest BCUT2D eigenvalue weighted by Gasteiger charge is 2.16. The zero-order valence-corrected chi connectivity index (χ0v) is 11.9. The first-order valence-corrected chi connectivity index (χ1v) is 6.76. The predicted molar refractivity (Wildman–Crippen MR) is 75.8 cm³/mol. The van der Waals surface area contributed by atoms with E-state index in [0.29, 0.717) is 11.5 Å². The van der Waals surface area contributed by atoms with Gasteiger partial charge < -0.3 is 15.4 Å². The van der Waals surface area contributed by atoms with Crippen LogP contribution in [0, 0.1) is 19.8 Å². The fourth-order valence-electron chi connectivity index (χ4n) is 2.63. The van der Waals surface area contributed by atoms with Crippen LogP contribution in [0.1, 0.15) is 27.9 Å². The van der Waals surface area contributed by atoms with Crippen LogP contribution >= 0.6 is 0 Å². The van der Waals surface area contributed by atoms with Gasteiger partial charge in [0.2, 0.25) is 0 Å². The Morgan fingerprint density at radius 2 is 2.11 bits per heavy atom. The first kappa shape index (κ1) is 13.9. The standard InChI is InChI=1S/C15H22N2O2/c1-10-6-13(7-11(2)14(10)19-3)15(18)17-9-12-4-5-16-8-12/h6-7,12,16H,4-5,8-9H2,1-3H3,(H,17,18). The minimum absolute atomic E-state index is 0.000697. The first-order chi connectivity index (χ1) is 9.11. The SMILES string of the molecule is COc1c(C)cc(C(=O)NCC2CCNC2)cc1C. The van der Waals surface area contributed by atoms with Crippen molar-refractivity contribution in [3.8, 4) is 5.75 Å². The van der Waals surface area contributed by atoms with Gasteiger partial charge in [0.25, 0.3) is 5.91 Å². The summed E-state index contributed by atoms with van der Waals surface area (Å²) >= 11 is 0. The van der Waals surface area contributed by atoms with Crippen molar-refractivity contribution in [2.45, 2.75) is 20.3 Å². The summed E-state index contributed by atoms with van der Waals surface area (Å²) in [5.74, 6) is 1.42. The van der Waals surface area contributed by atoms with Crippen molar-refractivity contribution in [3.05, 3.63) is 28.8 Å². The van der Waals surface area contributed by atoms with Gasteiger partial charge in [0, 0.05) is 12.1 Å². The number of hydrogen-bond acceptors (Lipinski definition) is 3. The van der Waals surface area contributed by atoms with E-state index in [2.05, 4.69) is 10.6 Å². The molecule has 0 aliphatic carbocycles. The molecule has 1 aromatic carbocycles. The van der Waals surface area contributed by atoms with Crippen LogP contribution < -0.4 is 15.4 Å². The number of methoxy groups -OCH3 is 1. The second-order valence-corrected chi connectivity index (χ2v) is 5.21. The van der Waals surface area contributed by atoms with Crippen LogP contribution in [0.25, 0.3) is 0 Å². The Morgan fingerprint density at radius 3 is 2.63 bits per heavy atom. The van der Waals surface area contributed by atoms with Crippen molar-refractivity contribution in [2.24, 2.45) is 5.92 Å². The highest BCUT2D eigenvalue weighted by molar-refractivity contribution is 5.94. The Hall–Kier alpha value is -1.55. The molecule has 1 atom stereocenters. The Labute approximate surface area is 114 Å². The molecule has 0 radical (unpaired) electrons. The van der Waals surface area contributed by atoms with Crippen LogP contribution in [-0.2, 0) is 0 Å². The number of aryl methyl sites for hydroxylation is 2. The second-order valence-electron chi connectivity index (χ2n) is 5.21. The molecule has 19 heavy (non-hydrogen) atoms. The van der Waals surface area contributed by atoms with Gasteiger partial charge in [0.15, 0.2) is 0 Å². The van der Waals surface area contributed by atoms with Gasteiger partial charge in [-0.3, -0.25) is 4.79 Å². The molecule has 2 N–H and O–H groups in total. The van der Waals surface area contributed by atoms with E-state index in [9.17, 15) is 4.79 Å². The molecule has 0 spiro atoms. The molecule has 1 aliphatic rings. The molecular formula is C15H22N2O2. The third kappa shape index (κ3) is 3.26. The summed E-state index contributed by atoms with van der Waals surface area (Å²) in [4.78, 5) is 12.1. The molecule has 1 unspecified atom stereocenters. The van der Waals surface area contributed by atoms with Crippen molar-refractivity contribution in [2.75, 3.05) is 26.7 Å². The van der Waals surface area contributed by atoms with E-state index in [4.69, 9.17) is 4.74 Å². The first-order valence-electron chi connectivity index (χ1n) is 6.76. The summed E-state index contributed by atoms with van der Waals surface area (Å²) in [6.07, 6.45) is 1.14. The van der Waals surface area contributed by atoms with Crippen LogP contribution in [0.3, 0.4) is 0 Å². The van der Waals surface area contributed by atoms with Gasteiger partial charge in [-0.25, -0.2) is 0 Å². The maximum atomic E-state index is 12.1. The molecule has 4 heteroatoms. The number of ether oxygens (including phenoxy) is 1. The van der Waals surface area contributed by atoms with Crippen LogP contribution in [0.5, 0.6) is 5.75 Å². The number of carbonyl (C=O) groups excluding carboxylic acids is 1. The van der Waals surface area contributed by atoms with Gasteiger partial charge in [-0.2, -0.15) is 0 Å². The Balaban J connectivity index is 2.02. The van der Waals surface area contributed by atoms with E-state index in [1.807, 2.05) is 26.0 Å². The second kappa shape index (κ2) is 6.06. The molecule has 0 aromatic heterocycles. The summed E-state index contributed by atoms with van der Waals surface area (Å²) in [6.45, 7) is 6.73. The quantitative estimate of drug-likeness (QED) is 0.867. The van der Waals surface area contributed by atoms with Gasteiger partial charge in [-0.15, -0.1) is 0 Å². The van der Waals surface area contributed by atoms with Gasteiger partial charge in [0.1, 0.15) is 5.75 Å². The molecular weight excluding hydrogens is 240 g/mol. The summed E-state index contributed by atoms with van der Waals surface area (Å²) < 4.78 is 5.31. The maximum Gasteiger partial charge on any atom is 0.251 e. The molecule has 0 saturated carbocycles. The smallest absolute Gasteiger partial charge is 0.251 e. The predicted octanol–water partition coefficient (Wildman–Crippen LogP) is 1.65. The highest BCUT2D eigenvalue weighted by Crippen LogP contribution is 2.24. The number of amides is 1. The highest BCUT2D eigenvalue weighted by atomic mass is 16.5. The molecule has 1 heterocycles. The van der Waals surface area contributed by atoms with Crippen LogP contribution in [-0.4, -0.2) is 32.7 Å². The summed E-state index contributed by atoms with van der Waals surface area (Å²) in [5.41, 5.74) is 2.70. The Kier molecular flexibility index (Phi) is 4.43. The Bertz CT molecular complexity index is 442. The normalized spacial score (nSPS) is 18.4. The zero-order valence-electron chi connectivity index (χ0n) is 11.9. The summed E-state index contributed by atoms with van der Waals surface area (Å²) in [6, 6.07) is 3.77. The zero-order chi connectivity index (χ0) is 13.8. The maximum absolute atomic E-state index is 12.1. The van der Waals surface area contributed by atoms with E-state index in [1.54, 1.807) is 7.11 Å². The van der Waals surface area contributed by atoms with Gasteiger partial charge in [0.05, 0.1) is 7.11 Å². The molecule has 0 bridgehead atoms. The lowest BCUT2D eigenvalue weighted by molar-refractivity contribution is 0.0948. The molecule has 1 saturated heterocycles.